The number of nitrogens with one attached hydrogen (secondary N) is 1. The quantitative estimate of drug-likeness (QED) is 0.665. The lowest BCUT2D eigenvalue weighted by Gasteiger charge is -2.28. The highest BCUT2D eigenvalue weighted by atomic mass is 32.2. The molecule has 0 saturated heterocycles. The fourth-order valence-corrected chi connectivity index (χ4v) is 4.28. The number of sulfonamides is 1. The molecule has 0 aromatic heterocycles. The summed E-state index contributed by atoms with van der Waals surface area (Å²) in [5.41, 5.74) is 0.725. The Morgan fingerprint density at radius 3 is 2.34 bits per heavy atom. The molecule has 5 nitrogen and oxygen atoms in total. The number of hydrogen-bond donors (Lipinski definition) is 1. The summed E-state index contributed by atoms with van der Waals surface area (Å²) in [5, 5.41) is 4.79. The van der Waals surface area contributed by atoms with E-state index in [1.165, 1.54) is 6.92 Å². The molecule has 3 aromatic rings. The number of halogens is 2. The van der Waals surface area contributed by atoms with Crippen molar-refractivity contribution in [3.05, 3.63) is 77.9 Å². The van der Waals surface area contributed by atoms with Crippen molar-refractivity contribution < 1.29 is 22.0 Å². The molecule has 1 N–H and O–H groups in total. The lowest BCUT2D eigenvalue weighted by Crippen LogP contribution is -2.47. The van der Waals surface area contributed by atoms with E-state index in [4.69, 9.17) is 0 Å². The van der Waals surface area contributed by atoms with Crippen LogP contribution in [0.25, 0.3) is 10.8 Å². The number of fused-ring (bicyclic) bond motifs is 1. The summed E-state index contributed by atoms with van der Waals surface area (Å²) in [5.74, 6) is -2.86. The maximum Gasteiger partial charge on any atom is 0.243 e. The van der Waals surface area contributed by atoms with Gasteiger partial charge in [0.1, 0.15) is 6.04 Å². The monoisotopic (exact) mass is 418 g/mol. The van der Waals surface area contributed by atoms with Gasteiger partial charge < -0.3 is 5.32 Å². The molecule has 29 heavy (non-hydrogen) atoms. The molecule has 3 aromatic carbocycles. The minimum atomic E-state index is -3.92. The average molecular weight is 418 g/mol. The van der Waals surface area contributed by atoms with E-state index in [1.54, 1.807) is 0 Å². The third-order valence-electron chi connectivity index (χ3n) is 4.53. The Morgan fingerprint density at radius 1 is 1.00 bits per heavy atom. The SMILES string of the molecule is CC(C(=O)NCc1ccc2ccccc2c1)N(c1ccc(F)c(F)c1)S(C)(=O)=O. The molecular formula is C21H20F2N2O3S. The van der Waals surface area contributed by atoms with Crippen molar-refractivity contribution in [3.8, 4) is 0 Å². The number of hydrogen-bond acceptors (Lipinski definition) is 3. The number of carbonyl (C=O) groups is 1. The lowest BCUT2D eigenvalue weighted by molar-refractivity contribution is -0.122. The van der Waals surface area contributed by atoms with Crippen LogP contribution in [-0.4, -0.2) is 26.6 Å². The van der Waals surface area contributed by atoms with E-state index in [0.717, 1.165) is 45.1 Å². The number of anilines is 1. The van der Waals surface area contributed by atoms with Crippen LogP contribution < -0.4 is 9.62 Å². The molecule has 0 radical (unpaired) electrons. The first kappa shape index (κ1) is 20.7. The maximum absolute atomic E-state index is 13.6. The Balaban J connectivity index is 1.78. The van der Waals surface area contributed by atoms with E-state index >= 15 is 0 Å². The fraction of sp³-hybridized carbons (Fsp3) is 0.190. The first-order chi connectivity index (χ1) is 13.7. The van der Waals surface area contributed by atoms with Gasteiger partial charge in [0.2, 0.25) is 15.9 Å². The van der Waals surface area contributed by atoms with Crippen molar-refractivity contribution in [2.45, 2.75) is 19.5 Å². The van der Waals surface area contributed by atoms with E-state index in [1.807, 2.05) is 42.5 Å². The molecule has 0 aliphatic heterocycles. The second-order valence-corrected chi connectivity index (χ2v) is 8.59. The van der Waals surface area contributed by atoms with Crippen LogP contribution in [0.4, 0.5) is 14.5 Å². The average Bonchev–Trinajstić information content (AvgIpc) is 2.67. The Bertz CT molecular complexity index is 1170. The Labute approximate surface area is 168 Å². The minimum Gasteiger partial charge on any atom is -0.350 e. The van der Waals surface area contributed by atoms with Gasteiger partial charge in [0.05, 0.1) is 11.9 Å². The van der Waals surface area contributed by atoms with E-state index in [2.05, 4.69) is 5.32 Å². The summed E-state index contributed by atoms with van der Waals surface area (Å²) in [6.45, 7) is 1.58. The van der Waals surface area contributed by atoms with Gasteiger partial charge in [0, 0.05) is 12.6 Å². The van der Waals surface area contributed by atoms with Crippen molar-refractivity contribution >= 4 is 32.4 Å². The van der Waals surface area contributed by atoms with Crippen LogP contribution in [0.15, 0.2) is 60.7 Å². The second kappa shape index (κ2) is 8.16. The number of nitrogens with zero attached hydrogens (tertiary/aromatic N) is 1. The van der Waals surface area contributed by atoms with Gasteiger partial charge in [-0.05, 0) is 41.5 Å². The molecule has 0 saturated carbocycles. The van der Waals surface area contributed by atoms with Crippen LogP contribution >= 0.6 is 0 Å². The Morgan fingerprint density at radius 2 is 1.69 bits per heavy atom. The molecule has 1 unspecified atom stereocenters. The first-order valence-electron chi connectivity index (χ1n) is 8.86. The minimum absolute atomic E-state index is 0.125. The van der Waals surface area contributed by atoms with Gasteiger partial charge in [-0.25, -0.2) is 17.2 Å². The van der Waals surface area contributed by atoms with Gasteiger partial charge in [0.15, 0.2) is 11.6 Å². The lowest BCUT2D eigenvalue weighted by atomic mass is 10.1. The highest BCUT2D eigenvalue weighted by Gasteiger charge is 2.29. The predicted molar refractivity (Wildman–Crippen MR) is 109 cm³/mol. The Kier molecular flexibility index (Phi) is 5.83. The van der Waals surface area contributed by atoms with Crippen molar-refractivity contribution in [2.24, 2.45) is 0 Å². The summed E-state index contributed by atoms with van der Waals surface area (Å²) in [6, 6.07) is 15.1. The summed E-state index contributed by atoms with van der Waals surface area (Å²) in [4.78, 5) is 12.6. The van der Waals surface area contributed by atoms with Crippen molar-refractivity contribution in [2.75, 3.05) is 10.6 Å². The Hall–Kier alpha value is -3.00. The zero-order valence-electron chi connectivity index (χ0n) is 15.9. The molecule has 3 rings (SSSR count). The molecular weight excluding hydrogens is 398 g/mol. The van der Waals surface area contributed by atoms with Gasteiger partial charge >= 0.3 is 0 Å². The number of carbonyl (C=O) groups excluding carboxylic acids is 1. The van der Waals surface area contributed by atoms with Crippen LogP contribution in [0.1, 0.15) is 12.5 Å². The van der Waals surface area contributed by atoms with Crippen LogP contribution in [0.3, 0.4) is 0 Å². The van der Waals surface area contributed by atoms with E-state index in [-0.39, 0.29) is 12.2 Å². The summed E-state index contributed by atoms with van der Waals surface area (Å²) >= 11 is 0. The molecule has 0 aliphatic rings. The molecule has 0 aliphatic carbocycles. The van der Waals surface area contributed by atoms with Crippen LogP contribution in [0, 0.1) is 11.6 Å². The summed E-state index contributed by atoms with van der Waals surface area (Å²) in [6.07, 6.45) is 0.904. The van der Waals surface area contributed by atoms with Crippen LogP contribution in [0.5, 0.6) is 0 Å². The smallest absolute Gasteiger partial charge is 0.243 e. The molecule has 0 spiro atoms. The van der Waals surface area contributed by atoms with Crippen LogP contribution in [0.2, 0.25) is 0 Å². The molecule has 0 heterocycles. The van der Waals surface area contributed by atoms with Crippen molar-refractivity contribution in [1.29, 1.82) is 0 Å². The molecule has 0 bridgehead atoms. The van der Waals surface area contributed by atoms with Gasteiger partial charge in [-0.2, -0.15) is 0 Å². The van der Waals surface area contributed by atoms with Crippen molar-refractivity contribution in [1.82, 2.24) is 5.32 Å². The highest BCUT2D eigenvalue weighted by molar-refractivity contribution is 7.92. The number of amides is 1. The standard InChI is InChI=1S/C21H20F2N2O3S/c1-14(25(29(2,27)28)18-9-10-19(22)20(23)12-18)21(26)24-13-15-7-8-16-5-3-4-6-17(16)11-15/h3-12,14H,13H2,1-2H3,(H,24,26). The topological polar surface area (TPSA) is 66.5 Å². The molecule has 1 amide bonds. The molecule has 0 fully saturated rings. The largest absolute Gasteiger partial charge is 0.350 e. The zero-order chi connectivity index (χ0) is 21.2. The van der Waals surface area contributed by atoms with Gasteiger partial charge in [0.25, 0.3) is 0 Å². The van der Waals surface area contributed by atoms with Gasteiger partial charge in [-0.1, -0.05) is 36.4 Å². The second-order valence-electron chi connectivity index (χ2n) is 6.73. The van der Waals surface area contributed by atoms with Crippen LogP contribution in [-0.2, 0) is 21.4 Å². The van der Waals surface area contributed by atoms with Gasteiger partial charge in [-0.3, -0.25) is 9.10 Å². The van der Waals surface area contributed by atoms with Crippen molar-refractivity contribution in [3.63, 3.8) is 0 Å². The highest BCUT2D eigenvalue weighted by Crippen LogP contribution is 2.23. The first-order valence-corrected chi connectivity index (χ1v) is 10.7. The molecule has 152 valence electrons. The molecule has 8 heteroatoms. The van der Waals surface area contributed by atoms with E-state index in [9.17, 15) is 22.0 Å². The van der Waals surface area contributed by atoms with Gasteiger partial charge in [-0.15, -0.1) is 0 Å². The third kappa shape index (κ3) is 4.71. The third-order valence-corrected chi connectivity index (χ3v) is 5.77. The zero-order valence-corrected chi connectivity index (χ0v) is 16.7. The normalized spacial score (nSPS) is 12.6. The number of rotatable bonds is 6. The summed E-state index contributed by atoms with van der Waals surface area (Å²) in [7, 11) is -3.92. The molecule has 1 atom stereocenters. The predicted octanol–water partition coefficient (Wildman–Crippen LogP) is 3.59. The summed E-state index contributed by atoms with van der Waals surface area (Å²) < 4.78 is 52.0. The fourth-order valence-electron chi connectivity index (χ4n) is 3.12. The maximum atomic E-state index is 13.6. The number of benzene rings is 3. The van der Waals surface area contributed by atoms with E-state index in [0.29, 0.717) is 0 Å². The van der Waals surface area contributed by atoms with E-state index < -0.39 is 33.6 Å².